The summed E-state index contributed by atoms with van der Waals surface area (Å²) in [5, 5.41) is 1.71. The summed E-state index contributed by atoms with van der Waals surface area (Å²) in [6.07, 6.45) is 0. The lowest BCUT2D eigenvalue weighted by Gasteiger charge is -2.01. The summed E-state index contributed by atoms with van der Waals surface area (Å²) in [6.45, 7) is 4.83. The lowest BCUT2D eigenvalue weighted by Crippen LogP contribution is -2.20. The fourth-order valence-corrected chi connectivity index (χ4v) is 3.90. The van der Waals surface area contributed by atoms with Gasteiger partial charge in [-0.05, 0) is 13.8 Å². The number of thiophene rings is 1. The first-order valence-electron chi connectivity index (χ1n) is 4.82. The number of rotatable bonds is 0. The van der Waals surface area contributed by atoms with Gasteiger partial charge in [0.05, 0.1) is 10.9 Å². The van der Waals surface area contributed by atoms with E-state index in [1.807, 2.05) is 13.8 Å². The highest BCUT2D eigenvalue weighted by atomic mass is 32.2. The van der Waals surface area contributed by atoms with Crippen molar-refractivity contribution in [3.8, 4) is 0 Å². The fraction of sp³-hybridized carbons (Fsp3) is 0.400. The topological polar surface area (TPSA) is 34.9 Å². The Morgan fingerprint density at radius 1 is 1.33 bits per heavy atom. The molecule has 3 heterocycles. The molecule has 1 aliphatic heterocycles. The molecule has 3 nitrogen and oxygen atoms in total. The number of thioether (sulfide) groups is 1. The van der Waals surface area contributed by atoms with Crippen LogP contribution in [-0.4, -0.2) is 15.3 Å². The summed E-state index contributed by atoms with van der Waals surface area (Å²) in [6, 6.07) is 0. The first-order valence-corrected chi connectivity index (χ1v) is 6.62. The third kappa shape index (κ3) is 1.19. The Balaban J connectivity index is 2.54. The smallest absolute Gasteiger partial charge is 0.263 e. The van der Waals surface area contributed by atoms with Gasteiger partial charge in [-0.1, -0.05) is 11.8 Å². The van der Waals surface area contributed by atoms with Crippen LogP contribution in [0.4, 0.5) is 0 Å². The van der Waals surface area contributed by atoms with Gasteiger partial charge in [-0.3, -0.25) is 9.36 Å². The molecule has 0 saturated carbocycles. The second kappa shape index (κ2) is 3.09. The Morgan fingerprint density at radius 2 is 2.13 bits per heavy atom. The number of nitrogens with zero attached hydrogens (tertiary/aromatic N) is 2. The molecule has 0 bridgehead atoms. The van der Waals surface area contributed by atoms with Crippen molar-refractivity contribution < 1.29 is 0 Å². The highest BCUT2D eigenvalue weighted by Gasteiger charge is 2.19. The van der Waals surface area contributed by atoms with E-state index in [4.69, 9.17) is 0 Å². The molecule has 1 aliphatic rings. The first-order chi connectivity index (χ1) is 7.18. The van der Waals surface area contributed by atoms with E-state index in [2.05, 4.69) is 4.98 Å². The van der Waals surface area contributed by atoms with Gasteiger partial charge in [0.1, 0.15) is 0 Å². The molecule has 0 amide bonds. The Bertz CT molecular complexity index is 612. The van der Waals surface area contributed by atoms with Gasteiger partial charge >= 0.3 is 0 Å². The van der Waals surface area contributed by atoms with Crippen LogP contribution in [0, 0.1) is 13.8 Å². The maximum Gasteiger partial charge on any atom is 0.263 e. The minimum absolute atomic E-state index is 0.141. The summed E-state index contributed by atoms with van der Waals surface area (Å²) in [7, 11) is 0. The van der Waals surface area contributed by atoms with Crippen LogP contribution >= 0.6 is 23.1 Å². The molecule has 78 valence electrons. The molecule has 15 heavy (non-hydrogen) atoms. The molecule has 0 saturated heterocycles. The van der Waals surface area contributed by atoms with E-state index in [-0.39, 0.29) is 5.56 Å². The molecule has 0 atom stereocenters. The average Bonchev–Trinajstić information content (AvgIpc) is 2.73. The molecule has 0 N–H and O–H groups in total. The van der Waals surface area contributed by atoms with Gasteiger partial charge in [0, 0.05) is 22.1 Å². The summed E-state index contributed by atoms with van der Waals surface area (Å²) in [4.78, 5) is 19.0. The highest BCUT2D eigenvalue weighted by Crippen LogP contribution is 2.30. The van der Waals surface area contributed by atoms with Crippen LogP contribution in [0.15, 0.2) is 9.95 Å². The predicted molar refractivity (Wildman–Crippen MR) is 64.1 cm³/mol. The van der Waals surface area contributed by atoms with E-state index < -0.39 is 0 Å². The molecule has 0 unspecified atom stereocenters. The van der Waals surface area contributed by atoms with Crippen molar-refractivity contribution in [2.75, 3.05) is 5.75 Å². The molecule has 0 aliphatic carbocycles. The summed E-state index contributed by atoms with van der Waals surface area (Å²) < 4.78 is 1.80. The van der Waals surface area contributed by atoms with Crippen molar-refractivity contribution >= 4 is 34.0 Å². The summed E-state index contributed by atoms with van der Waals surface area (Å²) >= 11 is 3.33. The zero-order chi connectivity index (χ0) is 10.6. The van der Waals surface area contributed by atoms with Gasteiger partial charge in [0.15, 0.2) is 5.16 Å². The monoisotopic (exact) mass is 238 g/mol. The van der Waals surface area contributed by atoms with Crippen LogP contribution in [0.3, 0.4) is 0 Å². The lowest BCUT2D eigenvalue weighted by molar-refractivity contribution is 0.669. The van der Waals surface area contributed by atoms with Crippen LogP contribution in [0.5, 0.6) is 0 Å². The maximum atomic E-state index is 12.2. The predicted octanol–water partition coefficient (Wildman–Crippen LogP) is 2.18. The molecular weight excluding hydrogens is 228 g/mol. The number of hydrogen-bond donors (Lipinski definition) is 0. The Labute approximate surface area is 95.1 Å². The van der Waals surface area contributed by atoms with E-state index in [0.717, 1.165) is 38.1 Å². The molecule has 0 fully saturated rings. The molecule has 0 radical (unpaired) electrons. The minimum atomic E-state index is 0.141. The van der Waals surface area contributed by atoms with Crippen LogP contribution in [0.25, 0.3) is 10.9 Å². The highest BCUT2D eigenvalue weighted by molar-refractivity contribution is 7.99. The number of aromatic nitrogens is 2. The number of aryl methyl sites for hydroxylation is 2. The second-order valence-corrected chi connectivity index (χ2v) is 6.13. The number of fused-ring (bicyclic) bond motifs is 2. The van der Waals surface area contributed by atoms with Crippen molar-refractivity contribution in [3.63, 3.8) is 0 Å². The zero-order valence-electron chi connectivity index (χ0n) is 8.53. The summed E-state index contributed by atoms with van der Waals surface area (Å²) in [5.41, 5.74) is 1.05. The van der Waals surface area contributed by atoms with Crippen LogP contribution in [-0.2, 0) is 6.54 Å². The van der Waals surface area contributed by atoms with Gasteiger partial charge in [-0.2, -0.15) is 0 Å². The Morgan fingerprint density at radius 3 is 2.93 bits per heavy atom. The van der Waals surface area contributed by atoms with Crippen molar-refractivity contribution in [1.29, 1.82) is 0 Å². The third-order valence-corrected chi connectivity index (χ3v) is 4.64. The molecule has 2 aromatic rings. The van der Waals surface area contributed by atoms with Crippen molar-refractivity contribution in [1.82, 2.24) is 9.55 Å². The van der Waals surface area contributed by atoms with Crippen LogP contribution < -0.4 is 5.56 Å². The van der Waals surface area contributed by atoms with E-state index in [1.165, 1.54) is 0 Å². The van der Waals surface area contributed by atoms with Gasteiger partial charge in [0.2, 0.25) is 0 Å². The molecule has 0 aromatic carbocycles. The van der Waals surface area contributed by atoms with Crippen molar-refractivity contribution in [2.24, 2.45) is 0 Å². The van der Waals surface area contributed by atoms with E-state index in [9.17, 15) is 4.79 Å². The summed E-state index contributed by atoms with van der Waals surface area (Å²) in [5.74, 6) is 0.969. The lowest BCUT2D eigenvalue weighted by atomic mass is 10.3. The van der Waals surface area contributed by atoms with E-state index in [0.29, 0.717) is 0 Å². The molecular formula is C10H10N2OS2. The van der Waals surface area contributed by atoms with Crippen LogP contribution in [0.2, 0.25) is 0 Å². The molecule has 0 spiro atoms. The molecule has 3 rings (SSSR count). The second-order valence-electron chi connectivity index (χ2n) is 3.64. The zero-order valence-corrected chi connectivity index (χ0v) is 10.2. The Kier molecular flexibility index (Phi) is 1.94. The van der Waals surface area contributed by atoms with Gasteiger partial charge in [0.25, 0.3) is 5.56 Å². The minimum Gasteiger partial charge on any atom is -0.286 e. The first kappa shape index (κ1) is 9.42. The number of hydrogen-bond acceptors (Lipinski definition) is 4. The maximum absolute atomic E-state index is 12.2. The van der Waals surface area contributed by atoms with Gasteiger partial charge in [-0.15, -0.1) is 11.3 Å². The standard InChI is InChI=1S/C10H10N2OS2/c1-5-7-8(6(2)15-5)11-10-12(9(7)13)3-4-14-10/h3-4H2,1-2H3. The SMILES string of the molecule is Cc1sc(C)c2c(=O)n3c(nc12)SCC3. The quantitative estimate of drug-likeness (QED) is 0.660. The van der Waals surface area contributed by atoms with Crippen molar-refractivity contribution in [2.45, 2.75) is 25.5 Å². The van der Waals surface area contributed by atoms with E-state index >= 15 is 0 Å². The Hall–Kier alpha value is -0.810. The molecule has 2 aromatic heterocycles. The normalized spacial score (nSPS) is 14.8. The van der Waals surface area contributed by atoms with E-state index in [1.54, 1.807) is 27.7 Å². The molecule has 5 heteroatoms. The fourth-order valence-electron chi connectivity index (χ4n) is 1.97. The van der Waals surface area contributed by atoms with Crippen molar-refractivity contribution in [3.05, 3.63) is 20.1 Å². The third-order valence-electron chi connectivity index (χ3n) is 2.67. The van der Waals surface area contributed by atoms with Gasteiger partial charge < -0.3 is 0 Å². The average molecular weight is 238 g/mol. The van der Waals surface area contributed by atoms with Gasteiger partial charge in [-0.25, -0.2) is 4.98 Å². The largest absolute Gasteiger partial charge is 0.286 e. The van der Waals surface area contributed by atoms with Crippen LogP contribution in [0.1, 0.15) is 9.75 Å².